The van der Waals surface area contributed by atoms with E-state index in [-0.39, 0.29) is 0 Å². The standard InChI is InChI=1S/C24H51P.C18H15P/c1-4-7-10-13-16-19-22-25(23-20-17-14-11-8-5-2)24-21-18-15-12-9-6-3;1-4-10-16(11-5-1)19(17-12-6-2-7-13-17)18-14-8-3-9-15-18/h4-24H2,1-3H3;1-15H. The normalized spacial score (nSPS) is 11.1. The van der Waals surface area contributed by atoms with Gasteiger partial charge in [-0.15, -0.1) is 7.92 Å². The maximum absolute atomic E-state index is 2.32. The molecular weight excluding hydrogens is 566 g/mol. The fourth-order valence-corrected chi connectivity index (χ4v) is 10.8. The fourth-order valence-electron chi connectivity index (χ4n) is 5.86. The first-order valence-corrected chi connectivity index (χ1v) is 21.7. The van der Waals surface area contributed by atoms with Crippen molar-refractivity contribution in [2.24, 2.45) is 0 Å². The minimum Gasteiger partial charge on any atom is -0.107 e. The van der Waals surface area contributed by atoms with Crippen molar-refractivity contribution in [2.45, 2.75) is 136 Å². The molecule has 0 aliphatic carbocycles. The summed E-state index contributed by atoms with van der Waals surface area (Å²) >= 11 is 0. The van der Waals surface area contributed by atoms with Gasteiger partial charge in [0.05, 0.1) is 0 Å². The summed E-state index contributed by atoms with van der Waals surface area (Å²) in [6.45, 7) is 6.96. The van der Waals surface area contributed by atoms with Crippen LogP contribution in [0.15, 0.2) is 91.0 Å². The second kappa shape index (κ2) is 27.8. The summed E-state index contributed by atoms with van der Waals surface area (Å²) in [6.07, 6.45) is 31.2. The first-order chi connectivity index (χ1) is 21.8. The van der Waals surface area contributed by atoms with E-state index in [1.807, 2.05) is 0 Å². The minimum absolute atomic E-state index is 0.366. The van der Waals surface area contributed by atoms with E-state index >= 15 is 0 Å². The number of rotatable bonds is 24. The molecule has 3 rings (SSSR count). The summed E-state index contributed by atoms with van der Waals surface area (Å²) < 4.78 is 0. The molecule has 0 nitrogen and oxygen atoms in total. The van der Waals surface area contributed by atoms with Crippen LogP contribution in [0.1, 0.15) is 136 Å². The van der Waals surface area contributed by atoms with Crippen LogP contribution < -0.4 is 15.9 Å². The van der Waals surface area contributed by atoms with E-state index in [9.17, 15) is 0 Å². The maximum Gasteiger partial charge on any atom is -0.0134 e. The third-order valence-electron chi connectivity index (χ3n) is 8.53. The fraction of sp³-hybridized carbons (Fsp3) is 0.571. The monoisotopic (exact) mass is 632 g/mol. The molecule has 0 bridgehead atoms. The molecule has 3 aromatic carbocycles. The van der Waals surface area contributed by atoms with Crippen molar-refractivity contribution in [2.75, 3.05) is 18.5 Å². The summed E-state index contributed by atoms with van der Waals surface area (Å²) in [4.78, 5) is 0. The van der Waals surface area contributed by atoms with Gasteiger partial charge in [0.1, 0.15) is 0 Å². The third-order valence-corrected chi connectivity index (χ3v) is 13.8. The van der Waals surface area contributed by atoms with E-state index in [0.29, 0.717) is 7.92 Å². The van der Waals surface area contributed by atoms with Crippen LogP contribution in [0.5, 0.6) is 0 Å². The van der Waals surface area contributed by atoms with Crippen LogP contribution in [-0.4, -0.2) is 18.5 Å². The highest BCUT2D eigenvalue weighted by atomic mass is 31.1. The molecule has 0 aliphatic rings. The van der Waals surface area contributed by atoms with E-state index in [1.54, 1.807) is 18.5 Å². The number of unbranched alkanes of at least 4 members (excludes halogenated alkanes) is 15. The predicted octanol–water partition coefficient (Wildman–Crippen LogP) is 13.0. The van der Waals surface area contributed by atoms with Crippen molar-refractivity contribution < 1.29 is 0 Å². The Morgan fingerprint density at radius 1 is 0.318 bits per heavy atom. The van der Waals surface area contributed by atoms with Crippen molar-refractivity contribution in [1.82, 2.24) is 0 Å². The largest absolute Gasteiger partial charge is 0.107 e. The van der Waals surface area contributed by atoms with Crippen molar-refractivity contribution >= 4 is 31.8 Å². The molecule has 0 heterocycles. The van der Waals surface area contributed by atoms with Crippen molar-refractivity contribution in [3.63, 3.8) is 0 Å². The Labute approximate surface area is 276 Å². The highest BCUT2D eigenvalue weighted by molar-refractivity contribution is 7.79. The lowest BCUT2D eigenvalue weighted by Crippen LogP contribution is -2.20. The molecule has 0 saturated carbocycles. The molecular formula is C42H66P2. The SMILES string of the molecule is CCCCCCCCP(CCCCCCCC)CCCCCCCC.c1ccc(P(c2ccccc2)c2ccccc2)cc1. The summed E-state index contributed by atoms with van der Waals surface area (Å²) in [5, 5.41) is 4.19. The molecule has 0 unspecified atom stereocenters. The van der Waals surface area contributed by atoms with Crippen LogP contribution >= 0.6 is 15.8 Å². The Morgan fingerprint density at radius 3 is 0.841 bits per heavy atom. The summed E-state index contributed by atoms with van der Waals surface area (Å²) in [5.41, 5.74) is 0. The Bertz CT molecular complexity index is 856. The molecule has 0 radical (unpaired) electrons. The van der Waals surface area contributed by atoms with Gasteiger partial charge in [-0.3, -0.25) is 0 Å². The van der Waals surface area contributed by atoms with E-state index in [1.165, 1.54) is 131 Å². The van der Waals surface area contributed by atoms with Gasteiger partial charge in [-0.1, -0.05) is 208 Å². The van der Waals surface area contributed by atoms with Crippen LogP contribution in [0.2, 0.25) is 0 Å². The Balaban J connectivity index is 0.000000315. The summed E-state index contributed by atoms with van der Waals surface area (Å²) in [5.74, 6) is 0. The van der Waals surface area contributed by atoms with Gasteiger partial charge in [-0.2, -0.15) is 0 Å². The van der Waals surface area contributed by atoms with E-state index < -0.39 is 7.92 Å². The molecule has 3 aromatic rings. The number of hydrogen-bond donors (Lipinski definition) is 0. The van der Waals surface area contributed by atoms with Gasteiger partial charge >= 0.3 is 0 Å². The van der Waals surface area contributed by atoms with Crippen LogP contribution in [-0.2, 0) is 0 Å². The highest BCUT2D eigenvalue weighted by Crippen LogP contribution is 2.39. The Morgan fingerprint density at radius 2 is 0.568 bits per heavy atom. The average Bonchev–Trinajstić information content (AvgIpc) is 3.07. The van der Waals surface area contributed by atoms with Crippen LogP contribution in [0, 0.1) is 0 Å². The molecule has 0 aliphatic heterocycles. The van der Waals surface area contributed by atoms with Gasteiger partial charge < -0.3 is 0 Å². The quantitative estimate of drug-likeness (QED) is 0.0681. The van der Waals surface area contributed by atoms with E-state index in [0.717, 1.165) is 0 Å². The smallest absolute Gasteiger partial charge is 0.0134 e. The van der Waals surface area contributed by atoms with Crippen molar-refractivity contribution in [1.29, 1.82) is 0 Å². The van der Waals surface area contributed by atoms with Gasteiger partial charge in [0, 0.05) is 0 Å². The second-order valence-electron chi connectivity index (χ2n) is 12.5. The molecule has 0 spiro atoms. The number of hydrogen-bond acceptors (Lipinski definition) is 0. The average molecular weight is 633 g/mol. The van der Waals surface area contributed by atoms with Crippen molar-refractivity contribution in [3.05, 3.63) is 91.0 Å². The topological polar surface area (TPSA) is 0 Å². The first-order valence-electron chi connectivity index (χ1n) is 18.5. The molecule has 44 heavy (non-hydrogen) atoms. The molecule has 2 heteroatoms. The lowest BCUT2D eigenvalue weighted by atomic mass is 10.1. The predicted molar refractivity (Wildman–Crippen MR) is 207 cm³/mol. The Hall–Kier alpha value is -1.48. The first kappa shape index (κ1) is 38.7. The summed E-state index contributed by atoms with van der Waals surface area (Å²) in [6, 6.07) is 32.3. The van der Waals surface area contributed by atoms with E-state index in [4.69, 9.17) is 0 Å². The molecule has 244 valence electrons. The zero-order valence-electron chi connectivity index (χ0n) is 28.9. The molecule has 0 fully saturated rings. The molecule has 0 amide bonds. The zero-order valence-corrected chi connectivity index (χ0v) is 30.7. The summed E-state index contributed by atoms with van der Waals surface area (Å²) in [7, 11) is -0.0801. The highest BCUT2D eigenvalue weighted by Gasteiger charge is 2.15. The van der Waals surface area contributed by atoms with Gasteiger partial charge in [0.15, 0.2) is 0 Å². The molecule has 0 atom stereocenters. The van der Waals surface area contributed by atoms with Gasteiger partial charge in [0.2, 0.25) is 0 Å². The van der Waals surface area contributed by atoms with Gasteiger partial charge in [-0.25, -0.2) is 0 Å². The lowest BCUT2D eigenvalue weighted by molar-refractivity contribution is 0.617. The molecule has 0 saturated heterocycles. The Kier molecular flexibility index (Phi) is 24.5. The molecule has 0 aromatic heterocycles. The third kappa shape index (κ3) is 18.5. The van der Waals surface area contributed by atoms with Crippen LogP contribution in [0.4, 0.5) is 0 Å². The maximum atomic E-state index is 2.32. The molecule has 0 N–H and O–H groups in total. The van der Waals surface area contributed by atoms with Gasteiger partial charge in [-0.05, 0) is 61.6 Å². The number of benzene rings is 3. The van der Waals surface area contributed by atoms with Crippen LogP contribution in [0.3, 0.4) is 0 Å². The van der Waals surface area contributed by atoms with Crippen molar-refractivity contribution in [3.8, 4) is 0 Å². The second-order valence-corrected chi connectivity index (χ2v) is 17.4. The lowest BCUT2D eigenvalue weighted by Gasteiger charge is -2.18. The van der Waals surface area contributed by atoms with Gasteiger partial charge in [0.25, 0.3) is 0 Å². The van der Waals surface area contributed by atoms with E-state index in [2.05, 4.69) is 112 Å². The zero-order chi connectivity index (χ0) is 31.3. The minimum atomic E-state index is -0.446. The van der Waals surface area contributed by atoms with Crippen LogP contribution in [0.25, 0.3) is 0 Å².